The number of carbonyl (C=O) groups excluding carboxylic acids is 1. The van der Waals surface area contributed by atoms with E-state index in [-0.39, 0.29) is 17.0 Å². The minimum Gasteiger partial charge on any atom is -0.423 e. The number of hydrogen-bond acceptors (Lipinski definition) is 6. The molecule has 126 valence electrons. The van der Waals surface area contributed by atoms with Crippen molar-refractivity contribution in [3.8, 4) is 5.75 Å². The Balaban J connectivity index is 1.92. The molecule has 1 aromatic heterocycles. The number of fused-ring (bicyclic) bond motifs is 1. The van der Waals surface area contributed by atoms with Gasteiger partial charge in [-0.05, 0) is 30.2 Å². The van der Waals surface area contributed by atoms with Crippen molar-refractivity contribution in [2.75, 3.05) is 0 Å². The molecule has 7 nitrogen and oxygen atoms in total. The lowest BCUT2D eigenvalue weighted by molar-refractivity contribution is -0.384. The quantitative estimate of drug-likeness (QED) is 0.237. The first kappa shape index (κ1) is 16.4. The minimum atomic E-state index is -0.739. The SMILES string of the molecule is CCc1cc(=O)oc2cc(OC(=O)c3cccc([N+](=O)[O-])c3)ccc12. The Morgan fingerprint density at radius 1 is 1.20 bits per heavy atom. The Labute approximate surface area is 141 Å². The van der Waals surface area contributed by atoms with Gasteiger partial charge in [0.25, 0.3) is 5.69 Å². The molecule has 0 N–H and O–H groups in total. The zero-order chi connectivity index (χ0) is 18.0. The van der Waals surface area contributed by atoms with Crippen LogP contribution in [0.2, 0.25) is 0 Å². The van der Waals surface area contributed by atoms with E-state index < -0.39 is 16.5 Å². The minimum absolute atomic E-state index is 0.0538. The molecular weight excluding hydrogens is 326 g/mol. The maximum atomic E-state index is 12.2. The number of ether oxygens (including phenoxy) is 1. The predicted octanol–water partition coefficient (Wildman–Crippen LogP) is 3.48. The molecule has 0 saturated heterocycles. The topological polar surface area (TPSA) is 99.7 Å². The number of nitro benzene ring substituents is 1. The Morgan fingerprint density at radius 2 is 2.00 bits per heavy atom. The first-order valence-corrected chi connectivity index (χ1v) is 7.51. The number of non-ortho nitro benzene ring substituents is 1. The fourth-order valence-corrected chi connectivity index (χ4v) is 2.48. The van der Waals surface area contributed by atoms with E-state index in [4.69, 9.17) is 9.15 Å². The van der Waals surface area contributed by atoms with Gasteiger partial charge >= 0.3 is 11.6 Å². The van der Waals surface area contributed by atoms with E-state index in [2.05, 4.69) is 0 Å². The summed E-state index contributed by atoms with van der Waals surface area (Å²) in [5, 5.41) is 11.5. The molecule has 2 aromatic carbocycles. The molecule has 0 bridgehead atoms. The van der Waals surface area contributed by atoms with Crippen LogP contribution < -0.4 is 10.4 Å². The molecule has 3 rings (SSSR count). The Morgan fingerprint density at radius 3 is 2.72 bits per heavy atom. The normalized spacial score (nSPS) is 10.6. The second kappa shape index (κ2) is 6.56. The van der Waals surface area contributed by atoms with Crippen molar-refractivity contribution in [3.63, 3.8) is 0 Å². The second-order valence-electron chi connectivity index (χ2n) is 5.30. The highest BCUT2D eigenvalue weighted by atomic mass is 16.6. The predicted molar refractivity (Wildman–Crippen MR) is 89.9 cm³/mol. The van der Waals surface area contributed by atoms with Gasteiger partial charge in [0.15, 0.2) is 0 Å². The van der Waals surface area contributed by atoms with E-state index >= 15 is 0 Å². The van der Waals surface area contributed by atoms with Crippen LogP contribution in [0.1, 0.15) is 22.8 Å². The maximum Gasteiger partial charge on any atom is 0.343 e. The molecule has 0 unspecified atom stereocenters. The summed E-state index contributed by atoms with van der Waals surface area (Å²) < 4.78 is 10.4. The molecule has 0 aliphatic heterocycles. The largest absolute Gasteiger partial charge is 0.423 e. The molecule has 0 aliphatic carbocycles. The Kier molecular flexibility index (Phi) is 4.30. The lowest BCUT2D eigenvalue weighted by Gasteiger charge is -2.07. The highest BCUT2D eigenvalue weighted by Crippen LogP contribution is 2.24. The number of aryl methyl sites for hydroxylation is 1. The van der Waals surface area contributed by atoms with E-state index in [1.807, 2.05) is 6.92 Å². The molecule has 0 spiro atoms. The van der Waals surface area contributed by atoms with E-state index in [0.29, 0.717) is 12.0 Å². The summed E-state index contributed by atoms with van der Waals surface area (Å²) >= 11 is 0. The lowest BCUT2D eigenvalue weighted by Crippen LogP contribution is -2.09. The van der Waals surface area contributed by atoms with E-state index in [0.717, 1.165) is 17.0 Å². The molecule has 0 amide bonds. The van der Waals surface area contributed by atoms with Crippen LogP contribution in [0.5, 0.6) is 5.75 Å². The van der Waals surface area contributed by atoms with Gasteiger partial charge in [-0.15, -0.1) is 0 Å². The van der Waals surface area contributed by atoms with Crippen LogP contribution >= 0.6 is 0 Å². The van der Waals surface area contributed by atoms with Crippen LogP contribution in [0.25, 0.3) is 11.0 Å². The molecule has 0 saturated carbocycles. The van der Waals surface area contributed by atoms with E-state index in [1.54, 1.807) is 12.1 Å². The third-order valence-corrected chi connectivity index (χ3v) is 3.69. The van der Waals surface area contributed by atoms with Gasteiger partial charge in [-0.2, -0.15) is 0 Å². The first-order chi connectivity index (χ1) is 12.0. The monoisotopic (exact) mass is 339 g/mol. The van der Waals surface area contributed by atoms with Crippen molar-refractivity contribution in [1.29, 1.82) is 0 Å². The number of nitro groups is 1. The molecule has 0 aliphatic rings. The Hall–Kier alpha value is -3.48. The van der Waals surface area contributed by atoms with Crippen LogP contribution in [0, 0.1) is 10.1 Å². The third-order valence-electron chi connectivity index (χ3n) is 3.69. The van der Waals surface area contributed by atoms with Gasteiger partial charge in [-0.25, -0.2) is 9.59 Å². The summed E-state index contributed by atoms with van der Waals surface area (Å²) in [6.07, 6.45) is 0.662. The molecule has 25 heavy (non-hydrogen) atoms. The standard InChI is InChI=1S/C18H13NO6/c1-2-11-9-17(20)25-16-10-14(6-7-15(11)16)24-18(21)12-4-3-5-13(8-12)19(22)23/h3-10H,2H2,1H3. The molecule has 0 fully saturated rings. The number of esters is 1. The number of rotatable bonds is 4. The summed E-state index contributed by atoms with van der Waals surface area (Å²) in [6.45, 7) is 1.92. The van der Waals surface area contributed by atoms with Gasteiger partial charge in [-0.1, -0.05) is 13.0 Å². The molecular formula is C18H13NO6. The van der Waals surface area contributed by atoms with Gasteiger partial charge in [0.05, 0.1) is 10.5 Å². The molecule has 0 atom stereocenters. The smallest absolute Gasteiger partial charge is 0.343 e. The van der Waals surface area contributed by atoms with Gasteiger partial charge in [0, 0.05) is 29.7 Å². The van der Waals surface area contributed by atoms with Crippen LogP contribution in [-0.2, 0) is 6.42 Å². The molecule has 3 aromatic rings. The average Bonchev–Trinajstić information content (AvgIpc) is 2.60. The summed E-state index contributed by atoms with van der Waals surface area (Å²) in [5.41, 5.74) is 0.521. The number of benzene rings is 2. The highest BCUT2D eigenvalue weighted by molar-refractivity contribution is 5.92. The molecule has 7 heteroatoms. The van der Waals surface area contributed by atoms with Crippen LogP contribution in [-0.4, -0.2) is 10.9 Å². The summed E-state index contributed by atoms with van der Waals surface area (Å²) in [4.78, 5) is 34.0. The van der Waals surface area contributed by atoms with E-state index in [9.17, 15) is 19.7 Å². The lowest BCUT2D eigenvalue weighted by atomic mass is 10.1. The zero-order valence-electron chi connectivity index (χ0n) is 13.2. The fourth-order valence-electron chi connectivity index (χ4n) is 2.48. The molecule has 1 heterocycles. The average molecular weight is 339 g/mol. The zero-order valence-corrected chi connectivity index (χ0v) is 13.2. The van der Waals surface area contributed by atoms with Crippen LogP contribution in [0.15, 0.2) is 57.7 Å². The van der Waals surface area contributed by atoms with Crippen molar-refractivity contribution in [1.82, 2.24) is 0 Å². The number of hydrogen-bond donors (Lipinski definition) is 0. The van der Waals surface area contributed by atoms with E-state index in [1.165, 1.54) is 30.3 Å². The highest BCUT2D eigenvalue weighted by Gasteiger charge is 2.14. The summed E-state index contributed by atoms with van der Waals surface area (Å²) in [6, 6.07) is 11.4. The van der Waals surface area contributed by atoms with Crippen molar-refractivity contribution < 1.29 is 18.9 Å². The van der Waals surface area contributed by atoms with Gasteiger partial charge in [-0.3, -0.25) is 10.1 Å². The fraction of sp³-hybridized carbons (Fsp3) is 0.111. The number of carbonyl (C=O) groups is 1. The first-order valence-electron chi connectivity index (χ1n) is 7.51. The number of nitrogens with zero attached hydrogens (tertiary/aromatic N) is 1. The van der Waals surface area contributed by atoms with Crippen molar-refractivity contribution >= 4 is 22.6 Å². The summed E-state index contributed by atoms with van der Waals surface area (Å²) in [7, 11) is 0. The molecule has 0 radical (unpaired) electrons. The van der Waals surface area contributed by atoms with Gasteiger partial charge in [0.2, 0.25) is 0 Å². The summed E-state index contributed by atoms with van der Waals surface area (Å²) in [5.74, 6) is -0.558. The van der Waals surface area contributed by atoms with Gasteiger partial charge < -0.3 is 9.15 Å². The maximum absolute atomic E-state index is 12.2. The van der Waals surface area contributed by atoms with Crippen LogP contribution in [0.4, 0.5) is 5.69 Å². The van der Waals surface area contributed by atoms with Crippen molar-refractivity contribution in [2.45, 2.75) is 13.3 Å². The Bertz CT molecular complexity index is 1040. The second-order valence-corrected chi connectivity index (χ2v) is 5.30. The van der Waals surface area contributed by atoms with Crippen LogP contribution in [0.3, 0.4) is 0 Å². The van der Waals surface area contributed by atoms with Crippen molar-refractivity contribution in [2.24, 2.45) is 0 Å². The van der Waals surface area contributed by atoms with Crippen molar-refractivity contribution in [3.05, 3.63) is 80.2 Å². The third kappa shape index (κ3) is 3.40. The van der Waals surface area contributed by atoms with Gasteiger partial charge in [0.1, 0.15) is 11.3 Å².